The van der Waals surface area contributed by atoms with Crippen molar-refractivity contribution in [2.24, 2.45) is 0 Å². The van der Waals surface area contributed by atoms with Crippen molar-refractivity contribution in [3.05, 3.63) is 64.7 Å². The van der Waals surface area contributed by atoms with Crippen LogP contribution in [0.4, 0.5) is 0 Å². The standard InChI is InChI=1S/C22H24O5/c1-14(2)4-10-18-21(26)13-11-19(22(18)27-15(3)23)20(25)12-7-16-5-8-17(24)9-6-16/h4-6,8-9,11,13,24,26H,7,10,12H2,1-3H3. The molecule has 142 valence electrons. The highest BCUT2D eigenvalue weighted by atomic mass is 16.5. The van der Waals surface area contributed by atoms with Crippen molar-refractivity contribution >= 4 is 11.8 Å². The second kappa shape index (κ2) is 9.03. The molecule has 0 aromatic heterocycles. The van der Waals surface area contributed by atoms with Crippen molar-refractivity contribution < 1.29 is 24.5 Å². The Balaban J connectivity index is 2.31. The summed E-state index contributed by atoms with van der Waals surface area (Å²) >= 11 is 0. The molecule has 2 rings (SSSR count). The molecule has 0 heterocycles. The zero-order valence-electron chi connectivity index (χ0n) is 15.8. The minimum absolute atomic E-state index is 0.0150. The molecule has 0 aliphatic carbocycles. The zero-order valence-corrected chi connectivity index (χ0v) is 15.8. The lowest BCUT2D eigenvalue weighted by molar-refractivity contribution is -0.131. The average Bonchev–Trinajstić information content (AvgIpc) is 2.60. The van der Waals surface area contributed by atoms with Crippen LogP contribution in [0.2, 0.25) is 0 Å². The van der Waals surface area contributed by atoms with Crippen LogP contribution in [-0.4, -0.2) is 22.0 Å². The van der Waals surface area contributed by atoms with Crippen LogP contribution in [0, 0.1) is 0 Å². The second-order valence-electron chi connectivity index (χ2n) is 6.61. The van der Waals surface area contributed by atoms with E-state index in [1.54, 1.807) is 24.3 Å². The number of aromatic hydroxyl groups is 2. The number of allylic oxidation sites excluding steroid dienone is 2. The molecule has 2 aromatic carbocycles. The molecule has 5 nitrogen and oxygen atoms in total. The number of ketones is 1. The summed E-state index contributed by atoms with van der Waals surface area (Å²) in [6.45, 7) is 5.11. The van der Waals surface area contributed by atoms with Crippen molar-refractivity contribution in [3.8, 4) is 17.2 Å². The molecule has 27 heavy (non-hydrogen) atoms. The Morgan fingerprint density at radius 1 is 1.00 bits per heavy atom. The number of rotatable bonds is 7. The maximum Gasteiger partial charge on any atom is 0.308 e. The second-order valence-corrected chi connectivity index (χ2v) is 6.61. The van der Waals surface area contributed by atoms with Crippen molar-refractivity contribution in [2.75, 3.05) is 0 Å². The van der Waals surface area contributed by atoms with Gasteiger partial charge in [0.25, 0.3) is 0 Å². The smallest absolute Gasteiger partial charge is 0.308 e. The van der Waals surface area contributed by atoms with Crippen LogP contribution < -0.4 is 4.74 Å². The Labute approximate surface area is 158 Å². The number of carbonyl (C=O) groups excluding carboxylic acids is 2. The van der Waals surface area contributed by atoms with Gasteiger partial charge in [-0.15, -0.1) is 0 Å². The highest BCUT2D eigenvalue weighted by molar-refractivity contribution is 6.00. The van der Waals surface area contributed by atoms with Crippen LogP contribution in [-0.2, 0) is 17.6 Å². The van der Waals surface area contributed by atoms with E-state index >= 15 is 0 Å². The van der Waals surface area contributed by atoms with E-state index in [0.29, 0.717) is 18.4 Å². The Bertz CT molecular complexity index is 859. The Hall–Kier alpha value is -3.08. The molecule has 2 N–H and O–H groups in total. The van der Waals surface area contributed by atoms with E-state index < -0.39 is 5.97 Å². The van der Waals surface area contributed by atoms with Crippen molar-refractivity contribution in [1.29, 1.82) is 0 Å². The number of aryl methyl sites for hydroxylation is 1. The first-order valence-corrected chi connectivity index (χ1v) is 8.75. The molecule has 2 aromatic rings. The van der Waals surface area contributed by atoms with Gasteiger partial charge >= 0.3 is 5.97 Å². The number of phenols is 2. The van der Waals surface area contributed by atoms with Crippen molar-refractivity contribution in [2.45, 2.75) is 40.0 Å². The molecule has 5 heteroatoms. The molecule has 0 bridgehead atoms. The van der Waals surface area contributed by atoms with E-state index in [1.807, 2.05) is 19.9 Å². The first-order chi connectivity index (χ1) is 12.8. The monoisotopic (exact) mass is 368 g/mol. The quantitative estimate of drug-likeness (QED) is 0.329. The third kappa shape index (κ3) is 5.71. The fourth-order valence-corrected chi connectivity index (χ4v) is 2.66. The van der Waals surface area contributed by atoms with E-state index in [9.17, 15) is 19.8 Å². The first-order valence-electron chi connectivity index (χ1n) is 8.75. The molecule has 0 spiro atoms. The van der Waals surface area contributed by atoms with Crippen molar-refractivity contribution in [3.63, 3.8) is 0 Å². The number of phenolic OH excluding ortho intramolecular Hbond substituents is 2. The first kappa shape index (κ1) is 20.2. The molecule has 0 amide bonds. The molecular weight excluding hydrogens is 344 g/mol. The minimum atomic E-state index is -0.549. The maximum atomic E-state index is 12.8. The molecule has 0 saturated heterocycles. The van der Waals surface area contributed by atoms with Gasteiger partial charge in [-0.1, -0.05) is 23.8 Å². The zero-order chi connectivity index (χ0) is 20.0. The molecule has 0 fully saturated rings. The number of hydrogen-bond acceptors (Lipinski definition) is 5. The minimum Gasteiger partial charge on any atom is -0.508 e. The van der Waals surface area contributed by atoms with Crippen LogP contribution in [0.5, 0.6) is 17.2 Å². The summed E-state index contributed by atoms with van der Waals surface area (Å²) in [5.41, 5.74) is 2.66. The van der Waals surface area contributed by atoms with E-state index in [4.69, 9.17) is 4.74 Å². The van der Waals surface area contributed by atoms with Gasteiger partial charge in [0.15, 0.2) is 5.78 Å². The summed E-state index contributed by atoms with van der Waals surface area (Å²) in [6, 6.07) is 9.59. The fraction of sp³-hybridized carbons (Fsp3) is 0.273. The lowest BCUT2D eigenvalue weighted by Gasteiger charge is -2.14. The summed E-state index contributed by atoms with van der Waals surface area (Å²) in [6.07, 6.45) is 2.96. The largest absolute Gasteiger partial charge is 0.508 e. The predicted molar refractivity (Wildman–Crippen MR) is 103 cm³/mol. The maximum absolute atomic E-state index is 12.8. The molecule has 0 aliphatic rings. The number of Topliss-reactive ketones (excluding diaryl/α,β-unsaturated/α-hetero) is 1. The summed E-state index contributed by atoms with van der Waals surface area (Å²) in [7, 11) is 0. The van der Waals surface area contributed by atoms with Gasteiger partial charge in [-0.25, -0.2) is 0 Å². The third-order valence-corrected chi connectivity index (χ3v) is 4.07. The van der Waals surface area contributed by atoms with Crippen LogP contribution in [0.15, 0.2) is 48.0 Å². The van der Waals surface area contributed by atoms with Gasteiger partial charge in [0, 0.05) is 18.9 Å². The number of benzene rings is 2. The van der Waals surface area contributed by atoms with Gasteiger partial charge < -0.3 is 14.9 Å². The lowest BCUT2D eigenvalue weighted by Crippen LogP contribution is -2.11. The molecular formula is C22H24O5. The SMILES string of the molecule is CC(=O)Oc1c(C(=O)CCc2ccc(O)cc2)ccc(O)c1CC=C(C)C. The summed E-state index contributed by atoms with van der Waals surface area (Å²) in [4.78, 5) is 24.3. The molecule has 0 unspecified atom stereocenters. The normalized spacial score (nSPS) is 10.3. The Morgan fingerprint density at radius 3 is 2.26 bits per heavy atom. The Morgan fingerprint density at radius 2 is 1.67 bits per heavy atom. The summed E-state index contributed by atoms with van der Waals surface area (Å²) in [5, 5.41) is 19.5. The van der Waals surface area contributed by atoms with Gasteiger partial charge in [-0.05, 0) is 56.5 Å². The van der Waals surface area contributed by atoms with Crippen LogP contribution >= 0.6 is 0 Å². The summed E-state index contributed by atoms with van der Waals surface area (Å²) < 4.78 is 5.30. The number of esters is 1. The van der Waals surface area contributed by atoms with Gasteiger partial charge in [-0.2, -0.15) is 0 Å². The van der Waals surface area contributed by atoms with Gasteiger partial charge in [0.05, 0.1) is 5.56 Å². The van der Waals surface area contributed by atoms with Crippen molar-refractivity contribution in [1.82, 2.24) is 0 Å². The van der Waals surface area contributed by atoms with E-state index in [1.165, 1.54) is 19.1 Å². The van der Waals surface area contributed by atoms with Gasteiger partial charge in [0.2, 0.25) is 0 Å². The van der Waals surface area contributed by atoms with E-state index in [2.05, 4.69) is 0 Å². The molecule has 0 aliphatic heterocycles. The number of carbonyl (C=O) groups is 2. The van der Waals surface area contributed by atoms with Crippen LogP contribution in [0.3, 0.4) is 0 Å². The van der Waals surface area contributed by atoms with E-state index in [-0.39, 0.29) is 35.0 Å². The third-order valence-electron chi connectivity index (χ3n) is 4.07. The molecule has 0 radical (unpaired) electrons. The average molecular weight is 368 g/mol. The highest BCUT2D eigenvalue weighted by Crippen LogP contribution is 2.34. The lowest BCUT2D eigenvalue weighted by atomic mass is 9.97. The van der Waals surface area contributed by atoms with Gasteiger partial charge in [0.1, 0.15) is 17.2 Å². The molecule has 0 saturated carbocycles. The topological polar surface area (TPSA) is 83.8 Å². The number of ether oxygens (including phenoxy) is 1. The summed E-state index contributed by atoms with van der Waals surface area (Å²) in [5.74, 6) is -0.455. The van der Waals surface area contributed by atoms with Crippen LogP contribution in [0.1, 0.15) is 48.7 Å². The molecule has 0 atom stereocenters. The van der Waals surface area contributed by atoms with Gasteiger partial charge in [-0.3, -0.25) is 9.59 Å². The Kier molecular flexibility index (Phi) is 6.77. The predicted octanol–water partition coefficient (Wildman–Crippen LogP) is 4.35. The van der Waals surface area contributed by atoms with E-state index in [0.717, 1.165) is 11.1 Å². The highest BCUT2D eigenvalue weighted by Gasteiger charge is 2.20. The van der Waals surface area contributed by atoms with Crippen LogP contribution in [0.25, 0.3) is 0 Å². The number of hydrogen-bond donors (Lipinski definition) is 2. The fourth-order valence-electron chi connectivity index (χ4n) is 2.66.